The molecule has 1 atom stereocenters. The van der Waals surface area contributed by atoms with Crippen LogP contribution in [0.1, 0.15) is 24.3 Å². The molecular weight excluding hydrogens is 264 g/mol. The van der Waals surface area contributed by atoms with Crippen LogP contribution in [0.15, 0.2) is 47.0 Å². The highest BCUT2D eigenvalue weighted by atomic mass is 16.3. The van der Waals surface area contributed by atoms with Crippen molar-refractivity contribution in [3.05, 3.63) is 54.0 Å². The number of anilines is 1. The molecule has 3 aromatic rings. The zero-order valence-electron chi connectivity index (χ0n) is 11.6. The second kappa shape index (κ2) is 5.63. The van der Waals surface area contributed by atoms with E-state index in [1.54, 1.807) is 18.3 Å². The van der Waals surface area contributed by atoms with Crippen molar-refractivity contribution in [3.8, 4) is 6.07 Å². The number of rotatable bonds is 4. The van der Waals surface area contributed by atoms with Gasteiger partial charge in [0.2, 0.25) is 0 Å². The summed E-state index contributed by atoms with van der Waals surface area (Å²) in [6.45, 7) is 2.62. The van der Waals surface area contributed by atoms with E-state index in [-0.39, 0.29) is 5.92 Å². The third-order valence-electron chi connectivity index (χ3n) is 3.24. The predicted octanol–water partition coefficient (Wildman–Crippen LogP) is 3.31. The maximum atomic E-state index is 9.04. The summed E-state index contributed by atoms with van der Waals surface area (Å²) in [6, 6.07) is 13.3. The van der Waals surface area contributed by atoms with Gasteiger partial charge in [0.05, 0.1) is 11.5 Å². The van der Waals surface area contributed by atoms with Crippen LogP contribution in [0.2, 0.25) is 0 Å². The number of benzene rings is 1. The SMILES string of the molecule is CC(CNc1ncccc1C#N)c1nc2ccccc2o1. The Balaban J connectivity index is 1.74. The van der Waals surface area contributed by atoms with E-state index in [1.165, 1.54) is 0 Å². The summed E-state index contributed by atoms with van der Waals surface area (Å²) in [4.78, 5) is 8.65. The van der Waals surface area contributed by atoms with Gasteiger partial charge in [-0.05, 0) is 24.3 Å². The van der Waals surface area contributed by atoms with Gasteiger partial charge >= 0.3 is 0 Å². The average Bonchev–Trinajstić information content (AvgIpc) is 2.97. The molecule has 1 N–H and O–H groups in total. The van der Waals surface area contributed by atoms with Gasteiger partial charge in [0.1, 0.15) is 17.4 Å². The summed E-state index contributed by atoms with van der Waals surface area (Å²) in [7, 11) is 0. The molecule has 0 aliphatic carbocycles. The van der Waals surface area contributed by atoms with Crippen molar-refractivity contribution in [1.29, 1.82) is 5.26 Å². The minimum Gasteiger partial charge on any atom is -0.440 e. The number of para-hydroxylation sites is 2. The summed E-state index contributed by atoms with van der Waals surface area (Å²) < 4.78 is 5.74. The Kier molecular flexibility index (Phi) is 3.52. The van der Waals surface area contributed by atoms with Crippen LogP contribution in [0.5, 0.6) is 0 Å². The summed E-state index contributed by atoms with van der Waals surface area (Å²) in [5.74, 6) is 1.34. The fraction of sp³-hybridized carbons (Fsp3) is 0.188. The third kappa shape index (κ3) is 2.70. The van der Waals surface area contributed by atoms with Crippen molar-refractivity contribution >= 4 is 16.9 Å². The van der Waals surface area contributed by atoms with Crippen LogP contribution in [-0.2, 0) is 0 Å². The summed E-state index contributed by atoms with van der Waals surface area (Å²) in [5.41, 5.74) is 2.17. The smallest absolute Gasteiger partial charge is 0.200 e. The number of oxazole rings is 1. The highest BCUT2D eigenvalue weighted by Crippen LogP contribution is 2.21. The molecule has 21 heavy (non-hydrogen) atoms. The third-order valence-corrected chi connectivity index (χ3v) is 3.24. The number of pyridine rings is 1. The first-order valence-electron chi connectivity index (χ1n) is 6.72. The maximum Gasteiger partial charge on any atom is 0.200 e. The van der Waals surface area contributed by atoms with Gasteiger partial charge in [-0.1, -0.05) is 19.1 Å². The van der Waals surface area contributed by atoms with Crippen molar-refractivity contribution in [1.82, 2.24) is 9.97 Å². The lowest BCUT2D eigenvalue weighted by atomic mass is 10.2. The van der Waals surface area contributed by atoms with Gasteiger partial charge in [-0.15, -0.1) is 0 Å². The molecule has 0 aliphatic heterocycles. The zero-order chi connectivity index (χ0) is 14.7. The molecule has 0 saturated heterocycles. The largest absolute Gasteiger partial charge is 0.440 e. The van der Waals surface area contributed by atoms with Gasteiger partial charge < -0.3 is 9.73 Å². The number of nitrogens with zero attached hydrogens (tertiary/aromatic N) is 3. The molecule has 2 aromatic heterocycles. The van der Waals surface area contributed by atoms with Gasteiger partial charge in [-0.3, -0.25) is 0 Å². The molecule has 104 valence electrons. The van der Waals surface area contributed by atoms with Crippen molar-refractivity contribution in [2.75, 3.05) is 11.9 Å². The minimum atomic E-state index is 0.0750. The lowest BCUT2D eigenvalue weighted by Crippen LogP contribution is -2.12. The molecule has 1 aromatic carbocycles. The highest BCUT2D eigenvalue weighted by Gasteiger charge is 2.14. The summed E-state index contributed by atoms with van der Waals surface area (Å²) >= 11 is 0. The van der Waals surface area contributed by atoms with Gasteiger partial charge in [0.25, 0.3) is 0 Å². The van der Waals surface area contributed by atoms with Crippen LogP contribution < -0.4 is 5.32 Å². The number of fused-ring (bicyclic) bond motifs is 1. The summed E-state index contributed by atoms with van der Waals surface area (Å²) in [6.07, 6.45) is 1.66. The first-order valence-corrected chi connectivity index (χ1v) is 6.72. The second-order valence-corrected chi connectivity index (χ2v) is 4.81. The number of hydrogen-bond acceptors (Lipinski definition) is 5. The van der Waals surface area contributed by atoms with Crippen LogP contribution >= 0.6 is 0 Å². The Morgan fingerprint density at radius 3 is 2.95 bits per heavy atom. The maximum absolute atomic E-state index is 9.04. The Morgan fingerprint density at radius 1 is 1.29 bits per heavy atom. The van der Waals surface area contributed by atoms with Crippen LogP contribution in [0.4, 0.5) is 5.82 Å². The van der Waals surface area contributed by atoms with Crippen LogP contribution in [0, 0.1) is 11.3 Å². The average molecular weight is 278 g/mol. The Morgan fingerprint density at radius 2 is 2.14 bits per heavy atom. The first kappa shape index (κ1) is 13.1. The van der Waals surface area contributed by atoms with E-state index in [4.69, 9.17) is 9.68 Å². The van der Waals surface area contributed by atoms with Crippen molar-refractivity contribution in [2.45, 2.75) is 12.8 Å². The number of aromatic nitrogens is 2. The number of hydrogen-bond donors (Lipinski definition) is 1. The van der Waals surface area contributed by atoms with Crippen molar-refractivity contribution in [2.24, 2.45) is 0 Å². The molecule has 5 nitrogen and oxygen atoms in total. The molecule has 0 amide bonds. The van der Waals surface area contributed by atoms with Gasteiger partial charge in [-0.2, -0.15) is 5.26 Å². The Hall–Kier alpha value is -2.87. The van der Waals surface area contributed by atoms with Gasteiger partial charge in [0.15, 0.2) is 11.5 Å². The van der Waals surface area contributed by atoms with Crippen LogP contribution in [0.25, 0.3) is 11.1 Å². The number of nitrogens with one attached hydrogen (secondary N) is 1. The topological polar surface area (TPSA) is 74.7 Å². The molecule has 2 heterocycles. The monoisotopic (exact) mass is 278 g/mol. The van der Waals surface area contributed by atoms with Gasteiger partial charge in [0, 0.05) is 12.7 Å². The number of nitriles is 1. The second-order valence-electron chi connectivity index (χ2n) is 4.81. The molecule has 0 spiro atoms. The van der Waals surface area contributed by atoms with E-state index >= 15 is 0 Å². The van der Waals surface area contributed by atoms with Gasteiger partial charge in [-0.25, -0.2) is 9.97 Å². The minimum absolute atomic E-state index is 0.0750. The molecule has 0 radical (unpaired) electrons. The fourth-order valence-electron chi connectivity index (χ4n) is 2.07. The standard InChI is InChI=1S/C16H14N4O/c1-11(10-19-15-12(9-17)5-4-8-18-15)16-20-13-6-2-3-7-14(13)21-16/h2-8,11H,10H2,1H3,(H,18,19). The Bertz CT molecular complexity index is 770. The first-order chi connectivity index (χ1) is 10.3. The molecular formula is C16H14N4O. The van der Waals surface area contributed by atoms with E-state index in [9.17, 15) is 0 Å². The van der Waals surface area contributed by atoms with Crippen molar-refractivity contribution < 1.29 is 4.42 Å². The lowest BCUT2D eigenvalue weighted by Gasteiger charge is -2.10. The van der Waals surface area contributed by atoms with E-state index in [2.05, 4.69) is 21.4 Å². The van der Waals surface area contributed by atoms with Crippen LogP contribution in [0.3, 0.4) is 0 Å². The molecule has 0 aliphatic rings. The quantitative estimate of drug-likeness (QED) is 0.792. The normalized spacial score (nSPS) is 12.0. The molecule has 1 unspecified atom stereocenters. The highest BCUT2D eigenvalue weighted by molar-refractivity contribution is 5.72. The van der Waals surface area contributed by atoms with E-state index < -0.39 is 0 Å². The van der Waals surface area contributed by atoms with E-state index in [1.807, 2.05) is 31.2 Å². The predicted molar refractivity (Wildman–Crippen MR) is 79.9 cm³/mol. The molecule has 0 bridgehead atoms. The zero-order valence-corrected chi connectivity index (χ0v) is 11.6. The van der Waals surface area contributed by atoms with E-state index in [0.29, 0.717) is 23.8 Å². The lowest BCUT2D eigenvalue weighted by molar-refractivity contribution is 0.494. The van der Waals surface area contributed by atoms with E-state index in [0.717, 1.165) is 11.1 Å². The van der Waals surface area contributed by atoms with Crippen molar-refractivity contribution in [3.63, 3.8) is 0 Å². The molecule has 3 rings (SSSR count). The molecule has 5 heteroatoms. The fourth-order valence-corrected chi connectivity index (χ4v) is 2.07. The van der Waals surface area contributed by atoms with Crippen LogP contribution in [-0.4, -0.2) is 16.5 Å². The molecule has 0 fully saturated rings. The summed E-state index contributed by atoms with van der Waals surface area (Å²) in [5, 5.41) is 12.2. The Labute approximate surface area is 122 Å². The molecule has 0 saturated carbocycles.